The van der Waals surface area contributed by atoms with Gasteiger partial charge in [0.2, 0.25) is 0 Å². The zero-order valence-electron chi connectivity index (χ0n) is 13.0. The quantitative estimate of drug-likeness (QED) is 0.340. The molecule has 4 nitrogen and oxygen atoms in total. The van der Waals surface area contributed by atoms with Gasteiger partial charge in [-0.1, -0.05) is 48.0 Å². The topological polar surface area (TPSA) is 45.7 Å². The molecular formula is C18H18ClN3OS. The number of ether oxygens (including phenoxy) is 1. The van der Waals surface area contributed by atoms with Crippen LogP contribution in [0.1, 0.15) is 11.1 Å². The van der Waals surface area contributed by atoms with Crippen LogP contribution in [0.4, 0.5) is 0 Å². The summed E-state index contributed by atoms with van der Waals surface area (Å²) in [5, 5.41) is 8.14. The summed E-state index contributed by atoms with van der Waals surface area (Å²) < 4.78 is 5.78. The number of thiocarbonyl (C=S) groups is 1. The first-order chi connectivity index (χ1) is 11.7. The molecule has 0 saturated carbocycles. The molecule has 24 heavy (non-hydrogen) atoms. The Labute approximate surface area is 152 Å². The van der Waals surface area contributed by atoms with E-state index in [1.807, 2.05) is 48.5 Å². The Morgan fingerprint density at radius 3 is 2.88 bits per heavy atom. The molecule has 124 valence electrons. The number of hydrazone groups is 1. The van der Waals surface area contributed by atoms with Crippen LogP contribution in [0.15, 0.2) is 66.3 Å². The van der Waals surface area contributed by atoms with Crippen molar-refractivity contribution in [1.82, 2.24) is 10.7 Å². The van der Waals surface area contributed by atoms with Crippen LogP contribution in [0.2, 0.25) is 5.02 Å². The van der Waals surface area contributed by atoms with E-state index in [0.29, 0.717) is 23.3 Å². The zero-order chi connectivity index (χ0) is 17.2. The van der Waals surface area contributed by atoms with Crippen LogP contribution < -0.4 is 15.5 Å². The maximum absolute atomic E-state index is 6.12. The monoisotopic (exact) mass is 359 g/mol. The summed E-state index contributed by atoms with van der Waals surface area (Å²) in [6.45, 7) is 4.61. The molecule has 2 aromatic carbocycles. The minimum Gasteiger partial charge on any atom is -0.489 e. The normalized spacial score (nSPS) is 10.4. The molecule has 6 heteroatoms. The zero-order valence-corrected chi connectivity index (χ0v) is 14.6. The van der Waals surface area contributed by atoms with E-state index in [2.05, 4.69) is 22.4 Å². The number of nitrogens with zero attached hydrogens (tertiary/aromatic N) is 1. The second kappa shape index (κ2) is 9.70. The van der Waals surface area contributed by atoms with Gasteiger partial charge in [0.05, 0.1) is 6.21 Å². The van der Waals surface area contributed by atoms with Crippen molar-refractivity contribution in [2.45, 2.75) is 6.61 Å². The van der Waals surface area contributed by atoms with Gasteiger partial charge in [0.1, 0.15) is 12.4 Å². The van der Waals surface area contributed by atoms with Gasteiger partial charge in [-0.15, -0.1) is 6.58 Å². The summed E-state index contributed by atoms with van der Waals surface area (Å²) in [6, 6.07) is 15.2. The van der Waals surface area contributed by atoms with Crippen LogP contribution in [0.25, 0.3) is 0 Å². The van der Waals surface area contributed by atoms with Crippen LogP contribution in [-0.2, 0) is 6.61 Å². The first-order valence-corrected chi connectivity index (χ1v) is 8.11. The van der Waals surface area contributed by atoms with E-state index in [0.717, 1.165) is 16.9 Å². The van der Waals surface area contributed by atoms with Crippen LogP contribution in [0.3, 0.4) is 0 Å². The Bertz CT molecular complexity index is 734. The summed E-state index contributed by atoms with van der Waals surface area (Å²) in [4.78, 5) is 0. The Hall–Kier alpha value is -2.37. The molecule has 0 aliphatic carbocycles. The molecule has 0 aliphatic heterocycles. The molecule has 0 aromatic heterocycles. The lowest BCUT2D eigenvalue weighted by molar-refractivity contribution is 0.306. The predicted molar refractivity (Wildman–Crippen MR) is 104 cm³/mol. The fourth-order valence-corrected chi connectivity index (χ4v) is 2.16. The third-order valence-corrected chi connectivity index (χ3v) is 3.60. The number of benzene rings is 2. The molecule has 0 atom stereocenters. The third kappa shape index (κ3) is 6.02. The number of halogens is 1. The molecular weight excluding hydrogens is 342 g/mol. The first kappa shape index (κ1) is 18.0. The smallest absolute Gasteiger partial charge is 0.187 e. The van der Waals surface area contributed by atoms with Gasteiger partial charge in [-0.2, -0.15) is 5.10 Å². The highest BCUT2D eigenvalue weighted by Gasteiger charge is 2.01. The molecule has 0 heterocycles. The lowest BCUT2D eigenvalue weighted by Crippen LogP contribution is -2.31. The van der Waals surface area contributed by atoms with Gasteiger partial charge >= 0.3 is 0 Å². The average Bonchev–Trinajstić information content (AvgIpc) is 2.60. The fourth-order valence-electron chi connectivity index (χ4n) is 1.83. The number of rotatable bonds is 7. The summed E-state index contributed by atoms with van der Waals surface area (Å²) in [7, 11) is 0. The van der Waals surface area contributed by atoms with Crippen LogP contribution in [-0.4, -0.2) is 17.9 Å². The van der Waals surface area contributed by atoms with E-state index in [-0.39, 0.29) is 0 Å². The second-order valence-corrected chi connectivity index (χ2v) is 5.64. The molecule has 0 radical (unpaired) electrons. The summed E-state index contributed by atoms with van der Waals surface area (Å²) in [5.41, 5.74) is 4.57. The molecule has 2 aromatic rings. The van der Waals surface area contributed by atoms with Crippen molar-refractivity contribution in [3.63, 3.8) is 0 Å². The maximum atomic E-state index is 6.12. The van der Waals surface area contributed by atoms with Crippen molar-refractivity contribution in [2.75, 3.05) is 6.54 Å². The lowest BCUT2D eigenvalue weighted by Gasteiger charge is -2.08. The van der Waals surface area contributed by atoms with E-state index in [1.165, 1.54) is 0 Å². The van der Waals surface area contributed by atoms with Crippen LogP contribution >= 0.6 is 23.8 Å². The number of hydrogen-bond donors (Lipinski definition) is 2. The fraction of sp³-hybridized carbons (Fsp3) is 0.111. The molecule has 0 unspecified atom stereocenters. The molecule has 0 bridgehead atoms. The molecule has 0 spiro atoms. The molecule has 0 fully saturated rings. The van der Waals surface area contributed by atoms with Crippen LogP contribution in [0, 0.1) is 0 Å². The highest BCUT2D eigenvalue weighted by Crippen LogP contribution is 2.19. The van der Waals surface area contributed by atoms with Gasteiger partial charge in [0.25, 0.3) is 0 Å². The number of hydrogen-bond acceptors (Lipinski definition) is 3. The Kier molecular flexibility index (Phi) is 7.26. The second-order valence-electron chi connectivity index (χ2n) is 4.82. The van der Waals surface area contributed by atoms with Crippen molar-refractivity contribution in [3.8, 4) is 5.75 Å². The molecule has 2 N–H and O–H groups in total. The molecule has 0 saturated heterocycles. The predicted octanol–water partition coefficient (Wildman–Crippen LogP) is 3.90. The SMILES string of the molecule is C=CCNC(=S)N/N=C\c1cccc(OCc2ccccc2Cl)c1. The summed E-state index contributed by atoms with van der Waals surface area (Å²) >= 11 is 11.2. The van der Waals surface area contributed by atoms with Gasteiger partial charge in [0, 0.05) is 17.1 Å². The van der Waals surface area contributed by atoms with E-state index < -0.39 is 0 Å². The first-order valence-electron chi connectivity index (χ1n) is 7.33. The van der Waals surface area contributed by atoms with Gasteiger partial charge < -0.3 is 10.1 Å². The summed E-state index contributed by atoms with van der Waals surface area (Å²) in [5.74, 6) is 0.742. The Morgan fingerprint density at radius 2 is 2.08 bits per heavy atom. The standard InChI is InChI=1S/C18H18ClN3OS/c1-2-10-20-18(24)22-21-12-14-6-5-8-16(11-14)23-13-15-7-3-4-9-17(15)19/h2-9,11-12H,1,10,13H2,(H2,20,22,24)/b21-12-. The molecule has 2 rings (SSSR count). The van der Waals surface area contributed by atoms with Crippen molar-refractivity contribution < 1.29 is 4.74 Å². The van der Waals surface area contributed by atoms with Crippen molar-refractivity contribution in [2.24, 2.45) is 5.10 Å². The highest BCUT2D eigenvalue weighted by molar-refractivity contribution is 7.80. The van der Waals surface area contributed by atoms with Crippen molar-refractivity contribution in [1.29, 1.82) is 0 Å². The van der Waals surface area contributed by atoms with Gasteiger partial charge in [0.15, 0.2) is 5.11 Å². The highest BCUT2D eigenvalue weighted by atomic mass is 35.5. The Balaban J connectivity index is 1.90. The largest absolute Gasteiger partial charge is 0.489 e. The van der Waals surface area contributed by atoms with Crippen LogP contribution in [0.5, 0.6) is 5.75 Å². The minimum atomic E-state index is 0.411. The maximum Gasteiger partial charge on any atom is 0.187 e. The molecule has 0 aliphatic rings. The van der Waals surface area contributed by atoms with Crippen molar-refractivity contribution in [3.05, 3.63) is 77.3 Å². The number of nitrogens with one attached hydrogen (secondary N) is 2. The summed E-state index contributed by atoms with van der Waals surface area (Å²) in [6.07, 6.45) is 3.39. The van der Waals surface area contributed by atoms with E-state index in [1.54, 1.807) is 12.3 Å². The lowest BCUT2D eigenvalue weighted by atomic mass is 10.2. The van der Waals surface area contributed by atoms with Gasteiger partial charge in [-0.05, 0) is 36.0 Å². The molecule has 0 amide bonds. The van der Waals surface area contributed by atoms with E-state index in [4.69, 9.17) is 28.6 Å². The third-order valence-electron chi connectivity index (χ3n) is 3.00. The van der Waals surface area contributed by atoms with Gasteiger partial charge in [-0.25, -0.2) is 0 Å². The Morgan fingerprint density at radius 1 is 1.25 bits per heavy atom. The van der Waals surface area contributed by atoms with Gasteiger partial charge in [-0.3, -0.25) is 5.43 Å². The minimum absolute atomic E-state index is 0.411. The van der Waals surface area contributed by atoms with E-state index >= 15 is 0 Å². The van der Waals surface area contributed by atoms with Crippen molar-refractivity contribution >= 4 is 35.1 Å². The van der Waals surface area contributed by atoms with E-state index in [9.17, 15) is 0 Å². The average molecular weight is 360 g/mol.